The van der Waals surface area contributed by atoms with Crippen molar-refractivity contribution < 1.29 is 93.9 Å². The summed E-state index contributed by atoms with van der Waals surface area (Å²) in [5.41, 5.74) is 9.42. The van der Waals surface area contributed by atoms with Crippen molar-refractivity contribution in [2.24, 2.45) is 0 Å². The van der Waals surface area contributed by atoms with Crippen LogP contribution in [0.3, 0.4) is 0 Å². The van der Waals surface area contributed by atoms with Gasteiger partial charge in [0.05, 0.1) is 37.1 Å². The van der Waals surface area contributed by atoms with Crippen molar-refractivity contribution in [3.63, 3.8) is 0 Å². The van der Waals surface area contributed by atoms with Gasteiger partial charge in [0.1, 0.15) is 60.6 Å². The Kier molecular flexibility index (Phi) is 30.2. The first-order chi connectivity index (χ1) is 44.0. The molecule has 9 heteroatoms. The molecule has 13 aromatic rings. The van der Waals surface area contributed by atoms with E-state index in [1.807, 2.05) is 60.7 Å². The normalized spacial score (nSPS) is 10.5. The van der Waals surface area contributed by atoms with E-state index in [9.17, 15) is 0 Å². The van der Waals surface area contributed by atoms with Crippen molar-refractivity contribution in [1.82, 2.24) is 0 Å². The van der Waals surface area contributed by atoms with Crippen molar-refractivity contribution in [2.75, 3.05) is 18.2 Å². The summed E-state index contributed by atoms with van der Waals surface area (Å²) in [6.07, 6.45) is 31.9. The Hall–Kier alpha value is -6.64. The first kappa shape index (κ1) is 73.8. The molecule has 93 heavy (non-hydrogen) atoms. The molecule has 0 unspecified atom stereocenters. The van der Waals surface area contributed by atoms with Gasteiger partial charge in [-0.25, -0.2) is 0 Å². The number of fused-ring (bicyclic) bond motifs is 6. The molecule has 1 aliphatic carbocycles. The molecule has 0 saturated carbocycles. The molecule has 0 spiro atoms. The van der Waals surface area contributed by atoms with E-state index in [-0.39, 0.29) is 89.5 Å². The minimum absolute atomic E-state index is 0. The summed E-state index contributed by atoms with van der Waals surface area (Å²) < 4.78 is 5.69. The van der Waals surface area contributed by atoms with Crippen LogP contribution in [0.25, 0.3) is 33.1 Å². The topological polar surface area (TPSA) is 13.1 Å². The Bertz CT molecular complexity index is 4160. The minimum atomic E-state index is -0.847. The average Bonchev–Trinajstić information content (AvgIpc) is 1.66. The molecular formula is C84H64Au4OP4+4. The summed E-state index contributed by atoms with van der Waals surface area (Å²) in [7, 11) is -3.26. The number of furan rings is 1. The zero-order valence-electron chi connectivity index (χ0n) is 50.5. The third kappa shape index (κ3) is 19.5. The number of benzene rings is 12. The van der Waals surface area contributed by atoms with E-state index in [2.05, 4.69) is 266 Å². The second-order valence-electron chi connectivity index (χ2n) is 21.5. The second-order valence-corrected chi connectivity index (χ2v) is 32.3. The van der Waals surface area contributed by atoms with Crippen LogP contribution in [-0.2, 0) is 95.9 Å². The summed E-state index contributed by atoms with van der Waals surface area (Å²) in [6.45, 7) is 0. The van der Waals surface area contributed by atoms with Gasteiger partial charge in [-0.15, -0.1) is 58.7 Å². The molecule has 0 bridgehead atoms. The fraction of sp³-hybridized carbons (Fsp3) is 0.0476. The minimum Gasteiger partial charge on any atom is -0.459 e. The number of rotatable bonds is 13. The largest absolute Gasteiger partial charge is 1.00 e. The molecule has 0 amide bonds. The van der Waals surface area contributed by atoms with Gasteiger partial charge >= 0.3 is 89.5 Å². The Labute approximate surface area is 617 Å². The van der Waals surface area contributed by atoms with Gasteiger partial charge in [-0.3, -0.25) is 23.7 Å². The van der Waals surface area contributed by atoms with Crippen LogP contribution in [0.4, 0.5) is 0 Å². The third-order valence-corrected chi connectivity index (χ3v) is 29.0. The molecule has 1 aliphatic rings. The first-order valence-corrected chi connectivity index (χ1v) is 36.6. The Morgan fingerprint density at radius 2 is 0.495 bits per heavy atom. The molecule has 1 aromatic heterocycles. The summed E-state index contributed by atoms with van der Waals surface area (Å²) >= 11 is 0. The Morgan fingerprint density at radius 1 is 0.269 bits per heavy atom. The van der Waals surface area contributed by atoms with Crippen LogP contribution in [0.1, 0.15) is 33.4 Å². The zero-order chi connectivity index (χ0) is 61.0. The number of hydrogen-bond acceptors (Lipinski definition) is 1. The molecule has 0 atom stereocenters. The SMILES string of the molecule is [Au+].[Au+].[Au+].[Au+].[C-]#Cc1ccc2c(c1)Cc1cc(C#[C-])ccc1-2.[C-]#Cc1ccc2c(c1)oc1cc(C#[C-])ccc12.c1ccc([PH+](CC[PH+](c2ccccc2)c2ccccc2)c2ccccc2)cc1.c1ccc([PH+](C[PH+](c2ccccc2)c2ccccc2)c2ccccc2)cc1. The van der Waals surface area contributed by atoms with E-state index in [1.165, 1.54) is 82.9 Å². The van der Waals surface area contributed by atoms with Crippen LogP contribution < -0.4 is 42.4 Å². The number of hydrogen-bond donors (Lipinski definition) is 0. The zero-order valence-corrected chi connectivity index (χ0v) is 63.1. The second kappa shape index (κ2) is 38.0. The Morgan fingerprint density at radius 3 is 0.742 bits per heavy atom. The average molecular weight is 2000 g/mol. The van der Waals surface area contributed by atoms with Crippen LogP contribution in [0.5, 0.6) is 0 Å². The predicted molar refractivity (Wildman–Crippen MR) is 390 cm³/mol. The first-order valence-electron chi connectivity index (χ1n) is 29.8. The van der Waals surface area contributed by atoms with Crippen LogP contribution in [0.2, 0.25) is 0 Å². The van der Waals surface area contributed by atoms with Gasteiger partial charge in [0.25, 0.3) is 0 Å². The summed E-state index contributed by atoms with van der Waals surface area (Å²) in [4.78, 5) is 0. The van der Waals surface area contributed by atoms with Gasteiger partial charge in [0, 0.05) is 10.8 Å². The van der Waals surface area contributed by atoms with Gasteiger partial charge in [0.2, 0.25) is 0 Å². The van der Waals surface area contributed by atoms with E-state index in [0.29, 0.717) is 11.1 Å². The molecule has 0 saturated heterocycles. The van der Waals surface area contributed by atoms with Crippen molar-refractivity contribution in [2.45, 2.75) is 6.42 Å². The van der Waals surface area contributed by atoms with E-state index < -0.39 is 31.7 Å². The molecule has 1 nitrogen and oxygen atoms in total. The van der Waals surface area contributed by atoms with E-state index in [4.69, 9.17) is 30.1 Å². The van der Waals surface area contributed by atoms with Crippen molar-refractivity contribution in [3.8, 4) is 34.8 Å². The maximum Gasteiger partial charge on any atom is 1.00 e. The fourth-order valence-corrected chi connectivity index (χ4v) is 25.4. The maximum absolute atomic E-state index is 7.15. The molecule has 0 N–H and O–H groups in total. The van der Waals surface area contributed by atoms with Crippen LogP contribution in [0, 0.1) is 49.4 Å². The fourth-order valence-electron chi connectivity index (χ4n) is 11.5. The van der Waals surface area contributed by atoms with Gasteiger partial charge in [-0.1, -0.05) is 193 Å². The standard InChI is InChI=1S/C26H24P2.C25H22P2.C17H8.C16H6O.4Au/c1-5-13-23(14-6-1)27(24-15-7-2-8-16-24)21-22-28(25-17-9-3-10-18-25)26-19-11-4-12-20-26;1-5-13-22(14-6-1)26(23-15-7-2-8-16-23)21-27(24-17-9-3-10-18-24)25-19-11-4-12-20-25;1-3-12-5-7-16-14(9-12)11-15-10-13(4-2)6-8-17(15)16;1-3-11-5-7-13-14-8-6-12(4-2)10-16(14)17-15(13)9-11;;;;/h1-20H,21-22H2;1-20H,21H2;5-10H,11H2;5-10H;;;;/q;;2*-2;4*+1/p+4. The monoisotopic (exact) mass is 2000 g/mol. The van der Waals surface area contributed by atoms with Crippen LogP contribution >= 0.6 is 31.7 Å². The third-order valence-electron chi connectivity index (χ3n) is 15.9. The molecule has 0 aliphatic heterocycles. The maximum atomic E-state index is 7.15. The molecule has 0 fully saturated rings. The summed E-state index contributed by atoms with van der Waals surface area (Å²) in [5.74, 6) is 10.7. The summed E-state index contributed by atoms with van der Waals surface area (Å²) in [6, 6.07) is 112. The predicted octanol–water partition coefficient (Wildman–Crippen LogP) is 16.0. The van der Waals surface area contributed by atoms with Crippen molar-refractivity contribution in [1.29, 1.82) is 0 Å². The van der Waals surface area contributed by atoms with Crippen molar-refractivity contribution in [3.05, 3.63) is 375 Å². The Balaban J connectivity index is 0.000000177. The van der Waals surface area contributed by atoms with Gasteiger partial charge in [-0.05, 0) is 115 Å². The van der Waals surface area contributed by atoms with E-state index >= 15 is 0 Å². The van der Waals surface area contributed by atoms with Gasteiger partial charge in [-0.2, -0.15) is 0 Å². The molecule has 14 rings (SSSR count). The van der Waals surface area contributed by atoms with E-state index in [1.54, 1.807) is 12.1 Å². The molecule has 466 valence electrons. The van der Waals surface area contributed by atoms with Gasteiger partial charge in [0.15, 0.2) is 5.90 Å². The quantitative estimate of drug-likeness (QED) is 0.0485. The van der Waals surface area contributed by atoms with Gasteiger partial charge < -0.3 is 30.1 Å². The smallest absolute Gasteiger partial charge is 0.459 e. The van der Waals surface area contributed by atoms with Crippen LogP contribution in [-0.4, -0.2) is 18.2 Å². The molecular weight excluding hydrogens is 1940 g/mol. The summed E-state index contributed by atoms with van der Waals surface area (Å²) in [5, 5.41) is 14.1. The van der Waals surface area contributed by atoms with Crippen molar-refractivity contribution >= 4 is 96.1 Å². The molecule has 12 aromatic carbocycles. The van der Waals surface area contributed by atoms with Crippen LogP contribution in [0.15, 0.2) is 320 Å². The van der Waals surface area contributed by atoms with E-state index in [0.717, 1.165) is 39.5 Å². The molecule has 0 radical (unpaired) electrons. The molecule has 1 heterocycles.